The Kier molecular flexibility index (Phi) is 5.90. The number of hydrogen-bond donors (Lipinski definition) is 0. The summed E-state index contributed by atoms with van der Waals surface area (Å²) in [5.74, 6) is -0.295. The molecule has 0 amide bonds. The highest BCUT2D eigenvalue weighted by Crippen LogP contribution is 2.49. The average Bonchev–Trinajstić information content (AvgIpc) is 3.20. The molecule has 0 bridgehead atoms. The second kappa shape index (κ2) is 8.58. The SMILES string of the molecule is CCN(CC)c1ccc2c(c1)[Si](C)(C)c1cc([N+]([O-])(CC)CC)ccc1C21OC(=O)c2ccccc21. The molecular formula is C30H36N2O3Si. The fourth-order valence-electron chi connectivity index (χ4n) is 6.25. The van der Waals surface area contributed by atoms with Gasteiger partial charge in [0.05, 0.1) is 18.7 Å². The molecule has 1 atom stereocenters. The van der Waals surface area contributed by atoms with Crippen LogP contribution in [0.3, 0.4) is 0 Å². The van der Waals surface area contributed by atoms with Crippen LogP contribution in [-0.4, -0.2) is 40.2 Å². The second-order valence-corrected chi connectivity index (χ2v) is 14.7. The smallest absolute Gasteiger partial charge is 0.340 e. The van der Waals surface area contributed by atoms with Crippen LogP contribution in [0, 0.1) is 5.21 Å². The number of anilines is 1. The number of fused-ring (bicyclic) bond motifs is 6. The zero-order valence-electron chi connectivity index (χ0n) is 22.2. The maximum absolute atomic E-state index is 13.6. The Hall–Kier alpha value is -2.93. The van der Waals surface area contributed by atoms with E-state index in [0.717, 1.165) is 35.5 Å². The molecule has 5 nitrogen and oxygen atoms in total. The van der Waals surface area contributed by atoms with Crippen molar-refractivity contribution in [3.05, 3.63) is 88.1 Å². The van der Waals surface area contributed by atoms with E-state index >= 15 is 0 Å². The van der Waals surface area contributed by atoms with E-state index in [2.05, 4.69) is 62.2 Å². The van der Waals surface area contributed by atoms with Gasteiger partial charge in [0, 0.05) is 35.5 Å². The number of esters is 1. The van der Waals surface area contributed by atoms with E-state index in [0.29, 0.717) is 18.7 Å². The van der Waals surface area contributed by atoms with Gasteiger partial charge in [-0.1, -0.05) is 37.4 Å². The molecular weight excluding hydrogens is 464 g/mol. The van der Waals surface area contributed by atoms with Crippen molar-refractivity contribution >= 4 is 35.8 Å². The normalized spacial score (nSPS) is 19.5. The lowest BCUT2D eigenvalue weighted by Gasteiger charge is -2.46. The third-order valence-corrected chi connectivity index (χ3v) is 12.0. The van der Waals surface area contributed by atoms with E-state index in [9.17, 15) is 10.0 Å². The predicted molar refractivity (Wildman–Crippen MR) is 151 cm³/mol. The molecule has 1 spiro atoms. The van der Waals surface area contributed by atoms with Gasteiger partial charge >= 0.3 is 5.97 Å². The van der Waals surface area contributed by atoms with Crippen molar-refractivity contribution < 1.29 is 9.53 Å². The Morgan fingerprint density at radius 1 is 0.861 bits per heavy atom. The first kappa shape index (κ1) is 24.7. The number of carbonyl (C=O) groups excluding carboxylic acids is 1. The van der Waals surface area contributed by atoms with Crippen molar-refractivity contribution in [2.75, 3.05) is 31.1 Å². The fourth-order valence-corrected chi connectivity index (χ4v) is 9.42. The maximum atomic E-state index is 13.6. The number of benzene rings is 3. The summed E-state index contributed by atoms with van der Waals surface area (Å²) in [7, 11) is -2.27. The van der Waals surface area contributed by atoms with Crippen LogP contribution >= 0.6 is 0 Å². The number of rotatable bonds is 6. The molecule has 3 aromatic rings. The molecule has 0 radical (unpaired) electrons. The highest BCUT2D eigenvalue weighted by Gasteiger charge is 2.56. The zero-order valence-corrected chi connectivity index (χ0v) is 23.2. The standard InChI is InChI=1S/C30H36N2O3Si/c1-7-31(8-2)21-15-17-25-27(19-21)36(5,6)28-20-22(32(34,9-3)10-4)16-18-26(28)30(25)24-14-12-11-13-23(24)29(33)35-30/h11-20H,7-10H2,1-6H3. The van der Waals surface area contributed by atoms with E-state index in [1.54, 1.807) is 0 Å². The number of hydrogen-bond acceptors (Lipinski definition) is 4. The lowest BCUT2D eigenvalue weighted by Crippen LogP contribution is -2.63. The predicted octanol–water partition coefficient (Wildman–Crippen LogP) is 4.98. The molecule has 0 aliphatic carbocycles. The molecule has 5 rings (SSSR count). The van der Waals surface area contributed by atoms with Crippen LogP contribution in [0.5, 0.6) is 0 Å². The fraction of sp³-hybridized carbons (Fsp3) is 0.367. The van der Waals surface area contributed by atoms with Gasteiger partial charge in [-0.3, -0.25) is 0 Å². The quantitative estimate of drug-likeness (QED) is 0.207. The van der Waals surface area contributed by atoms with E-state index < -0.39 is 13.7 Å². The van der Waals surface area contributed by atoms with E-state index in [4.69, 9.17) is 4.74 Å². The summed E-state index contributed by atoms with van der Waals surface area (Å²) in [5.41, 5.74) is 4.52. The van der Waals surface area contributed by atoms with Crippen LogP contribution in [0.15, 0.2) is 60.7 Å². The number of ether oxygens (including phenoxy) is 1. The van der Waals surface area contributed by atoms with Crippen molar-refractivity contribution in [2.45, 2.75) is 46.4 Å². The molecule has 1 unspecified atom stereocenters. The highest BCUT2D eigenvalue weighted by atomic mass is 28.3. The van der Waals surface area contributed by atoms with Crippen molar-refractivity contribution in [3.63, 3.8) is 0 Å². The Morgan fingerprint density at radius 2 is 1.47 bits per heavy atom. The molecule has 2 aliphatic heterocycles. The van der Waals surface area contributed by atoms with Crippen molar-refractivity contribution in [2.24, 2.45) is 0 Å². The first-order valence-electron chi connectivity index (χ1n) is 13.1. The molecule has 2 heterocycles. The van der Waals surface area contributed by atoms with Crippen molar-refractivity contribution in [1.29, 1.82) is 0 Å². The molecule has 0 saturated heterocycles. The maximum Gasteiger partial charge on any atom is 0.340 e. The van der Waals surface area contributed by atoms with Crippen molar-refractivity contribution in [1.82, 2.24) is 4.65 Å². The van der Waals surface area contributed by atoms with E-state index in [1.807, 2.05) is 44.2 Å². The molecule has 188 valence electrons. The Morgan fingerprint density at radius 3 is 2.11 bits per heavy atom. The monoisotopic (exact) mass is 500 g/mol. The van der Waals surface area contributed by atoms with E-state index in [1.165, 1.54) is 16.1 Å². The molecule has 0 saturated carbocycles. The average molecular weight is 501 g/mol. The second-order valence-electron chi connectivity index (χ2n) is 10.4. The number of quaternary nitrogens is 1. The van der Waals surface area contributed by atoms with Gasteiger partial charge in [-0.05, 0) is 74.5 Å². The largest absolute Gasteiger partial charge is 0.627 e. The third kappa shape index (κ3) is 3.24. The van der Waals surface area contributed by atoms with Gasteiger partial charge in [-0.25, -0.2) is 4.79 Å². The minimum absolute atomic E-state index is 0.295. The van der Waals surface area contributed by atoms with Gasteiger partial charge in [0.25, 0.3) is 0 Å². The molecule has 6 heteroatoms. The summed E-state index contributed by atoms with van der Waals surface area (Å²) >= 11 is 0. The first-order chi connectivity index (χ1) is 17.2. The van der Waals surface area contributed by atoms with Crippen LogP contribution in [0.2, 0.25) is 13.1 Å². The van der Waals surface area contributed by atoms with Gasteiger partial charge in [-0.15, -0.1) is 0 Å². The van der Waals surface area contributed by atoms with Gasteiger partial charge in [0.2, 0.25) is 0 Å². The van der Waals surface area contributed by atoms with Gasteiger partial charge in [0.15, 0.2) is 5.60 Å². The highest BCUT2D eigenvalue weighted by molar-refractivity contribution is 7.01. The number of carbonyl (C=O) groups is 1. The third-order valence-electron chi connectivity index (χ3n) is 8.50. The number of nitrogens with zero attached hydrogens (tertiary/aromatic N) is 2. The minimum atomic E-state index is -2.27. The first-order valence-corrected chi connectivity index (χ1v) is 16.1. The summed E-state index contributed by atoms with van der Waals surface area (Å²) in [6.45, 7) is 15.7. The lowest BCUT2D eigenvalue weighted by molar-refractivity contribution is 0.0255. The molecule has 0 N–H and O–H groups in total. The Labute approximate surface area is 215 Å². The van der Waals surface area contributed by atoms with Crippen molar-refractivity contribution in [3.8, 4) is 0 Å². The van der Waals surface area contributed by atoms with Gasteiger partial charge < -0.3 is 19.5 Å². The molecule has 0 aromatic heterocycles. The van der Waals surface area contributed by atoms with Gasteiger partial charge in [0.1, 0.15) is 13.8 Å². The van der Waals surface area contributed by atoms with Gasteiger partial charge in [-0.2, -0.15) is 0 Å². The van der Waals surface area contributed by atoms with Crippen LogP contribution in [0.4, 0.5) is 11.4 Å². The molecule has 3 aromatic carbocycles. The Balaban J connectivity index is 1.86. The molecule has 36 heavy (non-hydrogen) atoms. The van der Waals surface area contributed by atoms with E-state index in [-0.39, 0.29) is 10.6 Å². The summed E-state index contributed by atoms with van der Waals surface area (Å²) in [6.07, 6.45) is 0. The minimum Gasteiger partial charge on any atom is -0.627 e. The van der Waals surface area contributed by atoms with Crippen LogP contribution in [0.25, 0.3) is 0 Å². The summed E-state index contributed by atoms with van der Waals surface area (Å²) in [5, 5.41) is 16.1. The number of hydroxylamine groups is 2. The molecule has 0 fully saturated rings. The van der Waals surface area contributed by atoms with Crippen LogP contribution < -0.4 is 19.9 Å². The van der Waals surface area contributed by atoms with Crippen LogP contribution in [-0.2, 0) is 10.3 Å². The lowest BCUT2D eigenvalue weighted by atomic mass is 9.79. The zero-order chi connectivity index (χ0) is 25.9. The summed E-state index contributed by atoms with van der Waals surface area (Å²) in [4.78, 5) is 15.6. The van der Waals surface area contributed by atoms with Crippen LogP contribution in [0.1, 0.15) is 54.7 Å². The Bertz CT molecular complexity index is 1340. The summed E-state index contributed by atoms with van der Waals surface area (Å²) in [6, 6.07) is 20.6. The molecule has 2 aliphatic rings. The summed E-state index contributed by atoms with van der Waals surface area (Å²) < 4.78 is 6.06. The topological polar surface area (TPSA) is 52.6 Å².